The van der Waals surface area contributed by atoms with Crippen LogP contribution < -0.4 is 5.32 Å². The maximum absolute atomic E-state index is 11.1. The van der Waals surface area contributed by atoms with Crippen molar-refractivity contribution in [1.82, 2.24) is 5.32 Å². The van der Waals surface area contributed by atoms with Gasteiger partial charge in [-0.3, -0.25) is 0 Å². The third-order valence-electron chi connectivity index (χ3n) is 4.59. The van der Waals surface area contributed by atoms with E-state index in [4.69, 9.17) is 0 Å². The van der Waals surface area contributed by atoms with Gasteiger partial charge in [-0.1, -0.05) is 32.1 Å². The van der Waals surface area contributed by atoms with Gasteiger partial charge in [0.15, 0.2) is 0 Å². The van der Waals surface area contributed by atoms with Gasteiger partial charge in [-0.15, -0.1) is 0 Å². The number of piperidine rings is 1. The van der Waals surface area contributed by atoms with Gasteiger partial charge >= 0.3 is 0 Å². The molecule has 2 nitrogen and oxygen atoms in total. The maximum Gasteiger partial charge on any atom is 0.0933 e. The Morgan fingerprint density at radius 3 is 2.61 bits per heavy atom. The molecule has 1 rings (SSSR count). The van der Waals surface area contributed by atoms with E-state index in [9.17, 15) is 5.11 Å². The number of hydrogen-bond donors (Lipinski definition) is 2. The zero-order chi connectivity index (χ0) is 13.6. The molecule has 1 aliphatic heterocycles. The molecule has 0 aliphatic carbocycles. The van der Waals surface area contributed by atoms with Crippen molar-refractivity contribution >= 4 is 0 Å². The molecule has 2 heteroatoms. The van der Waals surface area contributed by atoms with Crippen LogP contribution in [-0.2, 0) is 0 Å². The predicted molar refractivity (Wildman–Crippen MR) is 78.6 cm³/mol. The Morgan fingerprint density at radius 1 is 1.44 bits per heavy atom. The third kappa shape index (κ3) is 2.86. The lowest BCUT2D eigenvalue weighted by atomic mass is 9.63. The van der Waals surface area contributed by atoms with Gasteiger partial charge in [0.1, 0.15) is 0 Å². The van der Waals surface area contributed by atoms with E-state index in [1.165, 1.54) is 0 Å². The molecule has 0 bridgehead atoms. The van der Waals surface area contributed by atoms with Gasteiger partial charge in [0.05, 0.1) is 5.60 Å². The van der Waals surface area contributed by atoms with Crippen LogP contribution in [-0.4, -0.2) is 23.8 Å². The molecule has 0 radical (unpaired) electrons. The van der Waals surface area contributed by atoms with E-state index < -0.39 is 5.60 Å². The van der Waals surface area contributed by atoms with Crippen molar-refractivity contribution in [2.24, 2.45) is 5.41 Å². The van der Waals surface area contributed by atoms with Crippen molar-refractivity contribution < 1.29 is 5.11 Å². The highest BCUT2D eigenvalue weighted by atomic mass is 16.3. The fourth-order valence-electron chi connectivity index (χ4n) is 3.12. The third-order valence-corrected chi connectivity index (χ3v) is 4.59. The van der Waals surface area contributed by atoms with E-state index in [2.05, 4.69) is 37.4 Å². The first kappa shape index (κ1) is 15.5. The monoisotopic (exact) mass is 251 g/mol. The summed E-state index contributed by atoms with van der Waals surface area (Å²) in [5.74, 6) is 0. The fourth-order valence-corrected chi connectivity index (χ4v) is 3.12. The van der Waals surface area contributed by atoms with E-state index in [-0.39, 0.29) is 5.41 Å². The fraction of sp³-hybridized carbons (Fsp3) is 0.750. The van der Waals surface area contributed by atoms with Crippen LogP contribution >= 0.6 is 0 Å². The normalized spacial score (nSPS) is 29.5. The molecule has 1 fully saturated rings. The number of nitrogens with one attached hydrogen (secondary N) is 1. The van der Waals surface area contributed by atoms with E-state index in [1.54, 1.807) is 0 Å². The predicted octanol–water partition coefficient (Wildman–Crippen LogP) is 3.43. The van der Waals surface area contributed by atoms with Crippen LogP contribution in [0.25, 0.3) is 0 Å². The largest absolute Gasteiger partial charge is 0.385 e. The van der Waals surface area contributed by atoms with E-state index in [1.807, 2.05) is 13.8 Å². The second kappa shape index (κ2) is 6.53. The highest BCUT2D eigenvalue weighted by Gasteiger charge is 2.47. The summed E-state index contributed by atoms with van der Waals surface area (Å²) in [6.45, 7) is 10.3. The van der Waals surface area contributed by atoms with Gasteiger partial charge in [0.2, 0.25) is 0 Å². The number of hydrogen-bond acceptors (Lipinski definition) is 2. The van der Waals surface area contributed by atoms with Gasteiger partial charge < -0.3 is 10.4 Å². The lowest BCUT2D eigenvalue weighted by molar-refractivity contribution is -0.0542. The summed E-state index contributed by atoms with van der Waals surface area (Å²) in [6.07, 6.45) is 10.5. The van der Waals surface area contributed by atoms with Crippen molar-refractivity contribution in [3.05, 3.63) is 23.8 Å². The van der Waals surface area contributed by atoms with Crippen LogP contribution in [0.3, 0.4) is 0 Å². The molecular weight excluding hydrogens is 222 g/mol. The van der Waals surface area contributed by atoms with Crippen LogP contribution in [0.2, 0.25) is 0 Å². The SMILES string of the molecule is C/C=C(\C=C/CC)C(C)(O)C1(CC)CCCNC1. The topological polar surface area (TPSA) is 32.3 Å². The molecule has 2 N–H and O–H groups in total. The number of rotatable bonds is 5. The van der Waals surface area contributed by atoms with Gasteiger partial charge in [-0.25, -0.2) is 0 Å². The Balaban J connectivity index is 3.03. The molecule has 0 aromatic carbocycles. The van der Waals surface area contributed by atoms with Crippen LogP contribution in [0.15, 0.2) is 23.8 Å². The highest BCUT2D eigenvalue weighted by molar-refractivity contribution is 5.31. The molecule has 18 heavy (non-hydrogen) atoms. The second-order valence-corrected chi connectivity index (χ2v) is 5.54. The summed E-state index contributed by atoms with van der Waals surface area (Å²) in [5.41, 5.74) is 0.260. The average Bonchev–Trinajstić information content (AvgIpc) is 2.40. The van der Waals surface area contributed by atoms with Crippen LogP contribution in [0.5, 0.6) is 0 Å². The average molecular weight is 251 g/mol. The highest BCUT2D eigenvalue weighted by Crippen LogP contribution is 2.45. The summed E-state index contributed by atoms with van der Waals surface area (Å²) in [7, 11) is 0. The van der Waals surface area contributed by atoms with Gasteiger partial charge in [0.25, 0.3) is 0 Å². The minimum atomic E-state index is -0.754. The van der Waals surface area contributed by atoms with E-state index in [0.717, 1.165) is 44.3 Å². The molecule has 0 aromatic heterocycles. The standard InChI is InChI=1S/C16H29NO/c1-5-8-10-14(6-2)15(4,18)16(7-3)11-9-12-17-13-16/h6,8,10,17-18H,5,7,9,11-13H2,1-4H3/b10-8-,14-6+. The molecule has 2 unspecified atom stereocenters. The van der Waals surface area contributed by atoms with Crippen molar-refractivity contribution in [3.63, 3.8) is 0 Å². The lowest BCUT2D eigenvalue weighted by Crippen LogP contribution is -2.55. The minimum absolute atomic E-state index is 0.0365. The van der Waals surface area contributed by atoms with Crippen molar-refractivity contribution in [1.29, 1.82) is 0 Å². The summed E-state index contributed by atoms with van der Waals surface area (Å²) in [5, 5.41) is 14.6. The summed E-state index contributed by atoms with van der Waals surface area (Å²) < 4.78 is 0. The Hall–Kier alpha value is -0.600. The Labute approximate surface area is 112 Å². The van der Waals surface area contributed by atoms with Crippen molar-refractivity contribution in [3.8, 4) is 0 Å². The van der Waals surface area contributed by atoms with Crippen LogP contribution in [0.1, 0.15) is 53.4 Å². The zero-order valence-electron chi connectivity index (χ0n) is 12.4. The van der Waals surface area contributed by atoms with Crippen LogP contribution in [0.4, 0.5) is 0 Å². The van der Waals surface area contributed by atoms with E-state index >= 15 is 0 Å². The Morgan fingerprint density at radius 2 is 2.17 bits per heavy atom. The summed E-state index contributed by atoms with van der Waals surface area (Å²) in [4.78, 5) is 0. The minimum Gasteiger partial charge on any atom is -0.385 e. The Bertz CT molecular complexity index is 309. The lowest BCUT2D eigenvalue weighted by Gasteiger charge is -2.48. The first-order valence-corrected chi connectivity index (χ1v) is 7.30. The summed E-state index contributed by atoms with van der Waals surface area (Å²) in [6, 6.07) is 0. The van der Waals surface area contributed by atoms with Crippen molar-refractivity contribution in [2.45, 2.75) is 59.0 Å². The molecule has 104 valence electrons. The molecule has 1 aliphatic rings. The first-order chi connectivity index (χ1) is 8.54. The second-order valence-electron chi connectivity index (χ2n) is 5.54. The smallest absolute Gasteiger partial charge is 0.0933 e. The number of allylic oxidation sites excluding steroid dienone is 2. The maximum atomic E-state index is 11.1. The van der Waals surface area contributed by atoms with Crippen molar-refractivity contribution in [2.75, 3.05) is 13.1 Å². The van der Waals surface area contributed by atoms with Gasteiger partial charge in [-0.2, -0.15) is 0 Å². The molecule has 2 atom stereocenters. The quantitative estimate of drug-likeness (QED) is 0.734. The molecule has 1 heterocycles. The van der Waals surface area contributed by atoms with Gasteiger partial charge in [0, 0.05) is 12.0 Å². The van der Waals surface area contributed by atoms with E-state index in [0.29, 0.717) is 0 Å². The molecule has 0 saturated carbocycles. The first-order valence-electron chi connectivity index (χ1n) is 7.30. The number of aliphatic hydroxyl groups is 1. The molecule has 0 spiro atoms. The zero-order valence-corrected chi connectivity index (χ0v) is 12.4. The van der Waals surface area contributed by atoms with Crippen LogP contribution in [0, 0.1) is 5.41 Å². The summed E-state index contributed by atoms with van der Waals surface area (Å²) >= 11 is 0. The molecular formula is C16H29NO. The Kier molecular flexibility index (Phi) is 5.61. The van der Waals surface area contributed by atoms with Gasteiger partial charge in [-0.05, 0) is 51.6 Å². The molecule has 0 amide bonds. The molecule has 0 aromatic rings. The molecule has 1 saturated heterocycles.